The molecule has 6 heteroatoms. The van der Waals surface area contributed by atoms with Gasteiger partial charge in [0.1, 0.15) is 0 Å². The summed E-state index contributed by atoms with van der Waals surface area (Å²) in [6.07, 6.45) is 3.33. The van der Waals surface area contributed by atoms with E-state index in [1.54, 1.807) is 19.0 Å². The number of aliphatic hydroxyl groups excluding tert-OH is 1. The SMILES string of the molecule is CN(C)C(=O)N1CCC(C(=O)N2CCC(CO)CC2)CC1. The van der Waals surface area contributed by atoms with Gasteiger partial charge in [-0.1, -0.05) is 0 Å². The van der Waals surface area contributed by atoms with E-state index in [0.29, 0.717) is 19.0 Å². The first kappa shape index (κ1) is 16.1. The topological polar surface area (TPSA) is 64.1 Å². The van der Waals surface area contributed by atoms with E-state index in [0.717, 1.165) is 38.8 Å². The smallest absolute Gasteiger partial charge is 0.319 e. The van der Waals surface area contributed by atoms with Crippen LogP contribution >= 0.6 is 0 Å². The van der Waals surface area contributed by atoms with E-state index in [9.17, 15) is 9.59 Å². The second kappa shape index (κ2) is 7.11. The van der Waals surface area contributed by atoms with Crippen molar-refractivity contribution in [2.24, 2.45) is 11.8 Å². The molecule has 0 bridgehead atoms. The van der Waals surface area contributed by atoms with Crippen molar-refractivity contribution in [3.63, 3.8) is 0 Å². The zero-order chi connectivity index (χ0) is 15.4. The fourth-order valence-electron chi connectivity index (χ4n) is 3.19. The van der Waals surface area contributed by atoms with Gasteiger partial charge in [0, 0.05) is 52.8 Å². The molecule has 2 rings (SSSR count). The summed E-state index contributed by atoms with van der Waals surface area (Å²) in [7, 11) is 3.51. The van der Waals surface area contributed by atoms with E-state index >= 15 is 0 Å². The molecular weight excluding hydrogens is 270 g/mol. The average molecular weight is 297 g/mol. The van der Waals surface area contributed by atoms with Crippen LogP contribution in [-0.2, 0) is 4.79 Å². The summed E-state index contributed by atoms with van der Waals surface area (Å²) in [4.78, 5) is 29.7. The van der Waals surface area contributed by atoms with E-state index in [2.05, 4.69) is 0 Å². The van der Waals surface area contributed by atoms with E-state index in [1.807, 2.05) is 9.80 Å². The standard InChI is InChI=1S/C15H27N3O3/c1-16(2)15(21)18-9-5-13(6-10-18)14(20)17-7-3-12(11-19)4-8-17/h12-13,19H,3-11H2,1-2H3. The molecule has 0 aromatic heterocycles. The highest BCUT2D eigenvalue weighted by Gasteiger charge is 2.32. The van der Waals surface area contributed by atoms with Gasteiger partial charge in [-0.15, -0.1) is 0 Å². The molecule has 2 heterocycles. The van der Waals surface area contributed by atoms with Crippen LogP contribution in [0.15, 0.2) is 0 Å². The highest BCUT2D eigenvalue weighted by molar-refractivity contribution is 5.80. The lowest BCUT2D eigenvalue weighted by atomic mass is 9.92. The Morgan fingerprint density at radius 2 is 1.52 bits per heavy atom. The number of nitrogens with zero attached hydrogens (tertiary/aromatic N) is 3. The monoisotopic (exact) mass is 297 g/mol. The highest BCUT2D eigenvalue weighted by atomic mass is 16.3. The van der Waals surface area contributed by atoms with Gasteiger partial charge in [-0.25, -0.2) is 4.79 Å². The normalized spacial score (nSPS) is 21.5. The summed E-state index contributed by atoms with van der Waals surface area (Å²) < 4.78 is 0. The molecule has 0 radical (unpaired) electrons. The molecule has 0 unspecified atom stereocenters. The number of carbonyl (C=O) groups is 2. The van der Waals surface area contributed by atoms with Crippen LogP contribution in [0.25, 0.3) is 0 Å². The number of rotatable bonds is 2. The first-order valence-electron chi connectivity index (χ1n) is 7.88. The summed E-state index contributed by atoms with van der Waals surface area (Å²) >= 11 is 0. The minimum atomic E-state index is 0.0321. The second-order valence-corrected chi connectivity index (χ2v) is 6.39. The van der Waals surface area contributed by atoms with Crippen LogP contribution in [0.4, 0.5) is 4.79 Å². The Morgan fingerprint density at radius 1 is 1.00 bits per heavy atom. The van der Waals surface area contributed by atoms with Gasteiger partial charge in [0.05, 0.1) is 0 Å². The molecule has 0 aromatic carbocycles. The van der Waals surface area contributed by atoms with Gasteiger partial charge in [0.2, 0.25) is 5.91 Å². The number of likely N-dealkylation sites (tertiary alicyclic amines) is 2. The molecule has 21 heavy (non-hydrogen) atoms. The van der Waals surface area contributed by atoms with Crippen molar-refractivity contribution in [1.29, 1.82) is 0 Å². The van der Waals surface area contributed by atoms with Gasteiger partial charge < -0.3 is 19.8 Å². The molecule has 0 atom stereocenters. The first-order chi connectivity index (χ1) is 10.0. The third-order valence-electron chi connectivity index (χ3n) is 4.68. The van der Waals surface area contributed by atoms with Crippen LogP contribution in [0.3, 0.4) is 0 Å². The van der Waals surface area contributed by atoms with Gasteiger partial charge in [0.25, 0.3) is 0 Å². The van der Waals surface area contributed by atoms with E-state index in [-0.39, 0.29) is 24.5 Å². The molecule has 0 aromatic rings. The van der Waals surface area contributed by atoms with Gasteiger partial charge >= 0.3 is 6.03 Å². The number of piperidine rings is 2. The van der Waals surface area contributed by atoms with E-state index in [4.69, 9.17) is 5.11 Å². The summed E-state index contributed by atoms with van der Waals surface area (Å²) in [6.45, 7) is 3.09. The molecule has 2 fully saturated rings. The quantitative estimate of drug-likeness (QED) is 0.812. The Kier molecular flexibility index (Phi) is 5.45. The van der Waals surface area contributed by atoms with Crippen molar-refractivity contribution < 1.29 is 14.7 Å². The summed E-state index contributed by atoms with van der Waals surface area (Å²) in [5.41, 5.74) is 0. The molecule has 6 nitrogen and oxygen atoms in total. The largest absolute Gasteiger partial charge is 0.396 e. The summed E-state index contributed by atoms with van der Waals surface area (Å²) in [5.74, 6) is 0.652. The molecule has 0 saturated carbocycles. The van der Waals surface area contributed by atoms with Crippen molar-refractivity contribution >= 4 is 11.9 Å². The summed E-state index contributed by atoms with van der Waals surface area (Å²) in [6, 6.07) is 0.0321. The van der Waals surface area contributed by atoms with Gasteiger partial charge in [-0.05, 0) is 31.6 Å². The number of carbonyl (C=O) groups excluding carboxylic acids is 2. The van der Waals surface area contributed by atoms with E-state index in [1.165, 1.54) is 0 Å². The van der Waals surface area contributed by atoms with Crippen LogP contribution in [0.1, 0.15) is 25.7 Å². The van der Waals surface area contributed by atoms with Crippen LogP contribution in [0.5, 0.6) is 0 Å². The van der Waals surface area contributed by atoms with Crippen molar-refractivity contribution in [3.8, 4) is 0 Å². The Hall–Kier alpha value is -1.30. The lowest BCUT2D eigenvalue weighted by Crippen LogP contribution is -2.48. The molecule has 3 amide bonds. The molecule has 1 N–H and O–H groups in total. The van der Waals surface area contributed by atoms with Crippen molar-refractivity contribution in [2.45, 2.75) is 25.7 Å². The molecule has 2 saturated heterocycles. The minimum absolute atomic E-state index is 0.0321. The maximum Gasteiger partial charge on any atom is 0.319 e. The minimum Gasteiger partial charge on any atom is -0.396 e. The second-order valence-electron chi connectivity index (χ2n) is 6.39. The van der Waals surface area contributed by atoms with Gasteiger partial charge in [-0.3, -0.25) is 4.79 Å². The first-order valence-corrected chi connectivity index (χ1v) is 7.88. The average Bonchev–Trinajstić information content (AvgIpc) is 2.53. The third-order valence-corrected chi connectivity index (χ3v) is 4.68. The van der Waals surface area contributed by atoms with Gasteiger partial charge in [0.15, 0.2) is 0 Å². The van der Waals surface area contributed by atoms with Crippen LogP contribution in [0, 0.1) is 11.8 Å². The number of aliphatic hydroxyl groups is 1. The number of urea groups is 1. The number of amides is 3. The predicted molar refractivity (Wildman–Crippen MR) is 79.8 cm³/mol. The maximum atomic E-state index is 12.5. The van der Waals surface area contributed by atoms with Crippen molar-refractivity contribution in [3.05, 3.63) is 0 Å². The Bertz CT molecular complexity index is 370. The fraction of sp³-hybridized carbons (Fsp3) is 0.867. The zero-order valence-corrected chi connectivity index (χ0v) is 13.1. The molecule has 0 aliphatic carbocycles. The molecule has 2 aliphatic rings. The zero-order valence-electron chi connectivity index (χ0n) is 13.1. The maximum absolute atomic E-state index is 12.5. The lowest BCUT2D eigenvalue weighted by molar-refractivity contribution is -0.138. The summed E-state index contributed by atoms with van der Waals surface area (Å²) in [5, 5.41) is 9.15. The third kappa shape index (κ3) is 3.87. The molecular formula is C15H27N3O3. The lowest BCUT2D eigenvalue weighted by Gasteiger charge is -2.37. The van der Waals surface area contributed by atoms with Crippen LogP contribution in [0.2, 0.25) is 0 Å². The Morgan fingerprint density at radius 3 is 2.00 bits per heavy atom. The van der Waals surface area contributed by atoms with Crippen LogP contribution < -0.4 is 0 Å². The number of hydrogen-bond acceptors (Lipinski definition) is 3. The molecule has 120 valence electrons. The molecule has 0 spiro atoms. The Labute approximate surface area is 126 Å². The van der Waals surface area contributed by atoms with Crippen LogP contribution in [-0.4, -0.2) is 78.6 Å². The van der Waals surface area contributed by atoms with Crippen molar-refractivity contribution in [2.75, 3.05) is 46.9 Å². The number of hydrogen-bond donors (Lipinski definition) is 1. The fourth-order valence-corrected chi connectivity index (χ4v) is 3.19. The Balaban J connectivity index is 1.79. The van der Waals surface area contributed by atoms with Gasteiger partial charge in [-0.2, -0.15) is 0 Å². The predicted octanol–water partition coefficient (Wildman–Crippen LogP) is 0.611. The highest BCUT2D eigenvalue weighted by Crippen LogP contribution is 2.24. The molecule has 2 aliphatic heterocycles. The van der Waals surface area contributed by atoms with Crippen molar-refractivity contribution in [1.82, 2.24) is 14.7 Å². The van der Waals surface area contributed by atoms with E-state index < -0.39 is 0 Å².